The number of halogens is 1. The number of hydrogen-bond donors (Lipinski definition) is 0. The van der Waals surface area contributed by atoms with Crippen LogP contribution < -0.4 is 0 Å². The van der Waals surface area contributed by atoms with Crippen LogP contribution in [0.5, 0.6) is 0 Å². The van der Waals surface area contributed by atoms with E-state index in [1.807, 2.05) is 12.1 Å². The van der Waals surface area contributed by atoms with E-state index in [0.29, 0.717) is 0 Å². The molecule has 0 amide bonds. The molecule has 0 radical (unpaired) electrons. The van der Waals surface area contributed by atoms with Crippen molar-refractivity contribution in [3.05, 3.63) is 82.4 Å². The van der Waals surface area contributed by atoms with E-state index in [0.717, 1.165) is 18.0 Å². The second kappa shape index (κ2) is 6.96. The van der Waals surface area contributed by atoms with E-state index in [-0.39, 0.29) is 0 Å². The van der Waals surface area contributed by atoms with Crippen LogP contribution >= 0.6 is 11.6 Å². The van der Waals surface area contributed by atoms with Crippen molar-refractivity contribution < 1.29 is 0 Å². The van der Waals surface area contributed by atoms with E-state index < -0.39 is 0 Å². The van der Waals surface area contributed by atoms with E-state index in [1.54, 1.807) is 0 Å². The fraction of sp³-hybridized carbons (Fsp3) is 0.273. The van der Waals surface area contributed by atoms with Crippen molar-refractivity contribution in [1.82, 2.24) is 4.90 Å². The van der Waals surface area contributed by atoms with Crippen LogP contribution in [0, 0.1) is 0 Å². The SMILES string of the molecule is Clc1ccc(Cc2cc(CN3CCCC3)c3ccccc3c2)cc1. The molecule has 1 heterocycles. The first kappa shape index (κ1) is 15.7. The van der Waals surface area contributed by atoms with Crippen LogP contribution in [0.4, 0.5) is 0 Å². The molecule has 0 spiro atoms. The molecule has 0 atom stereocenters. The van der Waals surface area contributed by atoms with Gasteiger partial charge in [-0.05, 0) is 71.9 Å². The molecule has 0 N–H and O–H groups in total. The molecule has 1 fully saturated rings. The summed E-state index contributed by atoms with van der Waals surface area (Å²) in [7, 11) is 0. The molecule has 1 aliphatic heterocycles. The van der Waals surface area contributed by atoms with Crippen LogP contribution in [0.3, 0.4) is 0 Å². The molecule has 0 aliphatic carbocycles. The van der Waals surface area contributed by atoms with Crippen LogP contribution in [-0.2, 0) is 13.0 Å². The van der Waals surface area contributed by atoms with Gasteiger partial charge in [-0.3, -0.25) is 4.90 Å². The second-order valence-corrected chi connectivity index (χ2v) is 7.20. The Bertz CT molecular complexity index is 832. The van der Waals surface area contributed by atoms with E-state index in [4.69, 9.17) is 11.6 Å². The predicted octanol–water partition coefficient (Wildman–Crippen LogP) is 5.68. The van der Waals surface area contributed by atoms with Gasteiger partial charge in [-0.2, -0.15) is 0 Å². The number of nitrogens with zero attached hydrogens (tertiary/aromatic N) is 1. The topological polar surface area (TPSA) is 3.24 Å². The van der Waals surface area contributed by atoms with Crippen LogP contribution in [0.25, 0.3) is 10.8 Å². The maximum absolute atomic E-state index is 6.01. The zero-order chi connectivity index (χ0) is 16.4. The molecule has 0 aromatic heterocycles. The fourth-order valence-electron chi connectivity index (χ4n) is 3.71. The average Bonchev–Trinajstić information content (AvgIpc) is 3.10. The molecule has 1 aliphatic rings. The summed E-state index contributed by atoms with van der Waals surface area (Å²) in [4.78, 5) is 2.58. The van der Waals surface area contributed by atoms with Crippen molar-refractivity contribution in [2.75, 3.05) is 13.1 Å². The van der Waals surface area contributed by atoms with Gasteiger partial charge in [-0.15, -0.1) is 0 Å². The van der Waals surface area contributed by atoms with Crippen molar-refractivity contribution in [3.8, 4) is 0 Å². The largest absolute Gasteiger partial charge is 0.299 e. The van der Waals surface area contributed by atoms with Crippen LogP contribution in [0.2, 0.25) is 5.02 Å². The zero-order valence-corrected chi connectivity index (χ0v) is 14.6. The second-order valence-electron chi connectivity index (χ2n) is 6.76. The van der Waals surface area contributed by atoms with E-state index in [2.05, 4.69) is 53.4 Å². The first-order valence-electron chi connectivity index (χ1n) is 8.75. The van der Waals surface area contributed by atoms with Gasteiger partial charge in [0.1, 0.15) is 0 Å². The van der Waals surface area contributed by atoms with Gasteiger partial charge in [0.2, 0.25) is 0 Å². The molecule has 3 aromatic carbocycles. The lowest BCUT2D eigenvalue weighted by atomic mass is 9.96. The minimum Gasteiger partial charge on any atom is -0.299 e. The summed E-state index contributed by atoms with van der Waals surface area (Å²) < 4.78 is 0. The van der Waals surface area contributed by atoms with Crippen molar-refractivity contribution in [2.45, 2.75) is 25.8 Å². The number of likely N-dealkylation sites (tertiary alicyclic amines) is 1. The summed E-state index contributed by atoms with van der Waals surface area (Å²) in [6.07, 6.45) is 3.62. The van der Waals surface area contributed by atoms with E-state index in [9.17, 15) is 0 Å². The smallest absolute Gasteiger partial charge is 0.0406 e. The van der Waals surface area contributed by atoms with Gasteiger partial charge in [-0.25, -0.2) is 0 Å². The van der Waals surface area contributed by atoms with Crippen LogP contribution in [-0.4, -0.2) is 18.0 Å². The maximum Gasteiger partial charge on any atom is 0.0406 e. The molecule has 0 bridgehead atoms. The van der Waals surface area contributed by atoms with Crippen molar-refractivity contribution >= 4 is 22.4 Å². The Morgan fingerprint density at radius 3 is 2.38 bits per heavy atom. The monoisotopic (exact) mass is 335 g/mol. The Morgan fingerprint density at radius 1 is 0.833 bits per heavy atom. The quantitative estimate of drug-likeness (QED) is 0.593. The lowest BCUT2D eigenvalue weighted by Crippen LogP contribution is -2.18. The molecule has 3 aromatic rings. The summed E-state index contributed by atoms with van der Waals surface area (Å²) >= 11 is 6.01. The highest BCUT2D eigenvalue weighted by molar-refractivity contribution is 6.30. The lowest BCUT2D eigenvalue weighted by molar-refractivity contribution is 0.332. The molecule has 1 nitrogen and oxygen atoms in total. The number of hydrogen-bond acceptors (Lipinski definition) is 1. The Labute approximate surface area is 148 Å². The van der Waals surface area contributed by atoms with Gasteiger partial charge in [0, 0.05) is 11.6 Å². The van der Waals surface area contributed by atoms with Gasteiger partial charge in [0.15, 0.2) is 0 Å². The Hall–Kier alpha value is -1.83. The van der Waals surface area contributed by atoms with Crippen molar-refractivity contribution in [2.24, 2.45) is 0 Å². The minimum absolute atomic E-state index is 0.798. The van der Waals surface area contributed by atoms with Crippen LogP contribution in [0.1, 0.15) is 29.5 Å². The standard InChI is InChI=1S/C22H22ClN/c23-21-9-7-17(8-10-21)13-18-14-19-5-1-2-6-22(19)20(15-18)16-24-11-3-4-12-24/h1-2,5-10,14-15H,3-4,11-13,16H2. The number of fused-ring (bicyclic) bond motifs is 1. The first-order valence-corrected chi connectivity index (χ1v) is 9.13. The molecule has 122 valence electrons. The van der Waals surface area contributed by atoms with Crippen molar-refractivity contribution in [3.63, 3.8) is 0 Å². The average molecular weight is 336 g/mol. The third-order valence-corrected chi connectivity index (χ3v) is 5.17. The molecule has 0 unspecified atom stereocenters. The summed E-state index contributed by atoms with van der Waals surface area (Å²) in [5.74, 6) is 0. The third-order valence-electron chi connectivity index (χ3n) is 4.92. The van der Waals surface area contributed by atoms with Gasteiger partial charge in [0.25, 0.3) is 0 Å². The highest BCUT2D eigenvalue weighted by Gasteiger charge is 2.14. The summed E-state index contributed by atoms with van der Waals surface area (Å²) in [5, 5.41) is 3.54. The van der Waals surface area contributed by atoms with Gasteiger partial charge in [-0.1, -0.05) is 60.1 Å². The van der Waals surface area contributed by atoms with E-state index in [1.165, 1.54) is 53.4 Å². The molecule has 2 heteroatoms. The first-order chi connectivity index (χ1) is 11.8. The van der Waals surface area contributed by atoms with Crippen molar-refractivity contribution in [1.29, 1.82) is 0 Å². The molecular formula is C22H22ClN. The Morgan fingerprint density at radius 2 is 1.58 bits per heavy atom. The Balaban J connectivity index is 1.68. The summed E-state index contributed by atoms with van der Waals surface area (Å²) in [6.45, 7) is 3.53. The molecule has 0 saturated carbocycles. The van der Waals surface area contributed by atoms with Gasteiger partial charge in [0.05, 0.1) is 0 Å². The van der Waals surface area contributed by atoms with E-state index >= 15 is 0 Å². The Kier molecular flexibility index (Phi) is 4.55. The summed E-state index contributed by atoms with van der Waals surface area (Å²) in [5.41, 5.74) is 4.14. The molecule has 1 saturated heterocycles. The molecule has 4 rings (SSSR count). The summed E-state index contributed by atoms with van der Waals surface area (Å²) in [6, 6.07) is 21.7. The zero-order valence-electron chi connectivity index (χ0n) is 13.8. The van der Waals surface area contributed by atoms with Crippen LogP contribution in [0.15, 0.2) is 60.7 Å². The lowest BCUT2D eigenvalue weighted by Gasteiger charge is -2.17. The minimum atomic E-state index is 0.798. The normalized spacial score (nSPS) is 15.2. The number of rotatable bonds is 4. The van der Waals surface area contributed by atoms with Gasteiger partial charge >= 0.3 is 0 Å². The molecular weight excluding hydrogens is 314 g/mol. The molecule has 24 heavy (non-hydrogen) atoms. The third kappa shape index (κ3) is 3.48. The highest BCUT2D eigenvalue weighted by atomic mass is 35.5. The van der Waals surface area contributed by atoms with Gasteiger partial charge < -0.3 is 0 Å². The maximum atomic E-state index is 6.01. The highest BCUT2D eigenvalue weighted by Crippen LogP contribution is 2.25. The fourth-order valence-corrected chi connectivity index (χ4v) is 3.84. The number of benzene rings is 3. The predicted molar refractivity (Wildman–Crippen MR) is 103 cm³/mol.